The minimum atomic E-state index is 0.0169. The van der Waals surface area contributed by atoms with Crippen LogP contribution in [0.2, 0.25) is 0 Å². The highest BCUT2D eigenvalue weighted by Gasteiger charge is 2.01. The molecular weight excluding hydrogens is 192 g/mol. The molecule has 0 aliphatic carbocycles. The number of rotatable bonds is 3. The largest absolute Gasteiger partial charge is 0.346 e. The molecule has 0 aliphatic rings. The lowest BCUT2D eigenvalue weighted by Gasteiger charge is -2.05. The van der Waals surface area contributed by atoms with Crippen LogP contribution in [-0.2, 0) is 13.1 Å². The van der Waals surface area contributed by atoms with Gasteiger partial charge in [-0.2, -0.15) is 5.10 Å². The van der Waals surface area contributed by atoms with Crippen LogP contribution in [0.3, 0.4) is 0 Å². The van der Waals surface area contributed by atoms with Crippen molar-refractivity contribution in [2.45, 2.75) is 20.0 Å². The van der Waals surface area contributed by atoms with Crippen molar-refractivity contribution in [3.05, 3.63) is 46.9 Å². The van der Waals surface area contributed by atoms with Crippen molar-refractivity contribution in [2.24, 2.45) is 0 Å². The molecular formula is C10H12N4O. The Kier molecular flexibility index (Phi) is 2.62. The van der Waals surface area contributed by atoms with Crippen molar-refractivity contribution in [2.75, 3.05) is 0 Å². The van der Waals surface area contributed by atoms with Gasteiger partial charge in [0.1, 0.15) is 12.2 Å². The molecule has 78 valence electrons. The molecule has 0 bridgehead atoms. The molecule has 0 N–H and O–H groups in total. The van der Waals surface area contributed by atoms with Crippen LogP contribution in [0, 0.1) is 0 Å². The molecule has 0 aromatic carbocycles. The first kappa shape index (κ1) is 9.64. The van der Waals surface area contributed by atoms with Gasteiger partial charge in [-0.15, -0.1) is 0 Å². The van der Waals surface area contributed by atoms with Gasteiger partial charge in [0.25, 0.3) is 0 Å². The third kappa shape index (κ3) is 2.12. The Morgan fingerprint density at radius 2 is 2.07 bits per heavy atom. The van der Waals surface area contributed by atoms with E-state index in [2.05, 4.69) is 10.1 Å². The highest BCUT2D eigenvalue weighted by atomic mass is 16.1. The normalized spacial score (nSPS) is 10.5. The van der Waals surface area contributed by atoms with Crippen LogP contribution >= 0.6 is 0 Å². The van der Waals surface area contributed by atoms with E-state index in [1.807, 2.05) is 16.2 Å². The van der Waals surface area contributed by atoms with Crippen molar-refractivity contribution < 1.29 is 0 Å². The van der Waals surface area contributed by atoms with Gasteiger partial charge in [-0.1, -0.05) is 0 Å². The summed E-state index contributed by atoms with van der Waals surface area (Å²) in [7, 11) is 0. The number of hydrogen-bond donors (Lipinski definition) is 0. The third-order valence-electron chi connectivity index (χ3n) is 2.18. The van der Waals surface area contributed by atoms with E-state index in [-0.39, 0.29) is 5.43 Å². The Bertz CT molecular complexity index is 480. The molecule has 2 aromatic rings. The minimum absolute atomic E-state index is 0.0169. The van der Waals surface area contributed by atoms with Gasteiger partial charge in [0.05, 0.1) is 6.54 Å². The third-order valence-corrected chi connectivity index (χ3v) is 2.18. The Labute approximate surface area is 87.0 Å². The van der Waals surface area contributed by atoms with Gasteiger partial charge in [-0.05, 0) is 6.92 Å². The van der Waals surface area contributed by atoms with Crippen LogP contribution in [0.25, 0.3) is 0 Å². The number of hydrogen-bond acceptors (Lipinski definition) is 3. The zero-order valence-corrected chi connectivity index (χ0v) is 8.50. The lowest BCUT2D eigenvalue weighted by atomic mass is 10.4. The van der Waals surface area contributed by atoms with Crippen LogP contribution in [0.15, 0.2) is 35.6 Å². The molecule has 5 heteroatoms. The van der Waals surface area contributed by atoms with Crippen LogP contribution < -0.4 is 5.43 Å². The fraction of sp³-hybridized carbons (Fsp3) is 0.300. The van der Waals surface area contributed by atoms with Crippen LogP contribution in [0.5, 0.6) is 0 Å². The molecule has 0 radical (unpaired) electrons. The zero-order valence-electron chi connectivity index (χ0n) is 8.50. The van der Waals surface area contributed by atoms with Gasteiger partial charge in [-0.3, -0.25) is 4.79 Å². The van der Waals surface area contributed by atoms with Gasteiger partial charge in [0.2, 0.25) is 0 Å². The average Bonchev–Trinajstić information content (AvgIpc) is 2.69. The molecule has 2 aromatic heterocycles. The second-order valence-corrected chi connectivity index (χ2v) is 3.20. The molecule has 0 spiro atoms. The van der Waals surface area contributed by atoms with E-state index in [1.165, 1.54) is 12.1 Å². The van der Waals surface area contributed by atoms with E-state index in [0.29, 0.717) is 6.54 Å². The number of aryl methyl sites for hydroxylation is 1. The quantitative estimate of drug-likeness (QED) is 0.732. The van der Waals surface area contributed by atoms with E-state index in [9.17, 15) is 4.79 Å². The fourth-order valence-corrected chi connectivity index (χ4v) is 1.39. The second kappa shape index (κ2) is 4.08. The monoisotopic (exact) mass is 204 g/mol. The maximum absolute atomic E-state index is 10.9. The lowest BCUT2D eigenvalue weighted by molar-refractivity contribution is 0.590. The maximum Gasteiger partial charge on any atom is 0.181 e. The smallest absolute Gasteiger partial charge is 0.181 e. The van der Waals surface area contributed by atoms with E-state index in [1.54, 1.807) is 18.7 Å². The summed E-state index contributed by atoms with van der Waals surface area (Å²) in [5.41, 5.74) is 0.0169. The van der Waals surface area contributed by atoms with Crippen molar-refractivity contribution in [1.29, 1.82) is 0 Å². The molecule has 0 atom stereocenters. The molecule has 0 amide bonds. The number of nitrogens with zero attached hydrogens (tertiary/aromatic N) is 4. The lowest BCUT2D eigenvalue weighted by Crippen LogP contribution is -2.10. The average molecular weight is 204 g/mol. The summed E-state index contributed by atoms with van der Waals surface area (Å²) < 4.78 is 3.73. The summed E-state index contributed by atoms with van der Waals surface area (Å²) in [6.45, 7) is 3.45. The number of aromatic nitrogens is 4. The Morgan fingerprint density at radius 1 is 1.33 bits per heavy atom. The van der Waals surface area contributed by atoms with Crippen molar-refractivity contribution in [3.8, 4) is 0 Å². The summed E-state index contributed by atoms with van der Waals surface area (Å²) in [5, 5.41) is 4.08. The molecule has 0 aliphatic heterocycles. The first-order valence-electron chi connectivity index (χ1n) is 4.82. The Morgan fingerprint density at radius 3 is 2.73 bits per heavy atom. The maximum atomic E-state index is 10.9. The van der Waals surface area contributed by atoms with Gasteiger partial charge >= 0.3 is 0 Å². The molecule has 0 saturated heterocycles. The molecule has 5 nitrogen and oxygen atoms in total. The highest BCUT2D eigenvalue weighted by Crippen LogP contribution is 1.97. The first-order valence-corrected chi connectivity index (χ1v) is 4.82. The molecule has 2 rings (SSSR count). The van der Waals surface area contributed by atoms with Crippen molar-refractivity contribution >= 4 is 0 Å². The van der Waals surface area contributed by atoms with Gasteiger partial charge in [0, 0.05) is 31.1 Å². The second-order valence-electron chi connectivity index (χ2n) is 3.20. The van der Waals surface area contributed by atoms with E-state index in [0.717, 1.165) is 12.4 Å². The van der Waals surface area contributed by atoms with E-state index in [4.69, 9.17) is 0 Å². The summed E-state index contributed by atoms with van der Waals surface area (Å²) >= 11 is 0. The van der Waals surface area contributed by atoms with Gasteiger partial charge in [0.15, 0.2) is 5.43 Å². The topological polar surface area (TPSA) is 52.7 Å². The summed E-state index contributed by atoms with van der Waals surface area (Å²) in [4.78, 5) is 15.1. The summed E-state index contributed by atoms with van der Waals surface area (Å²) in [6.07, 6.45) is 5.04. The molecule has 15 heavy (non-hydrogen) atoms. The molecule has 0 saturated carbocycles. The van der Waals surface area contributed by atoms with E-state index >= 15 is 0 Å². The molecule has 2 heterocycles. The zero-order chi connectivity index (χ0) is 10.7. The SMILES string of the molecule is CCn1ncnc1Cn1ccc(=O)cc1. The Hall–Kier alpha value is -1.91. The van der Waals surface area contributed by atoms with Gasteiger partial charge in [-0.25, -0.2) is 9.67 Å². The van der Waals surface area contributed by atoms with Crippen LogP contribution in [0.1, 0.15) is 12.7 Å². The predicted molar refractivity (Wildman–Crippen MR) is 55.5 cm³/mol. The standard InChI is InChI=1S/C10H12N4O/c1-2-14-10(11-8-12-14)7-13-5-3-9(15)4-6-13/h3-6,8H,2,7H2,1H3. The minimum Gasteiger partial charge on any atom is -0.346 e. The predicted octanol–water partition coefficient (Wildman–Crippen LogP) is 0.508. The van der Waals surface area contributed by atoms with Crippen LogP contribution in [0.4, 0.5) is 0 Å². The highest BCUT2D eigenvalue weighted by molar-refractivity contribution is 4.96. The fourth-order valence-electron chi connectivity index (χ4n) is 1.39. The summed E-state index contributed by atoms with van der Waals surface area (Å²) in [6, 6.07) is 3.07. The first-order chi connectivity index (χ1) is 7.29. The van der Waals surface area contributed by atoms with Crippen LogP contribution in [-0.4, -0.2) is 19.3 Å². The summed E-state index contributed by atoms with van der Waals surface area (Å²) in [5.74, 6) is 0.890. The molecule has 0 fully saturated rings. The van der Waals surface area contributed by atoms with Crippen molar-refractivity contribution in [1.82, 2.24) is 19.3 Å². The van der Waals surface area contributed by atoms with E-state index < -0.39 is 0 Å². The number of pyridine rings is 1. The molecule has 0 unspecified atom stereocenters. The van der Waals surface area contributed by atoms with Gasteiger partial charge < -0.3 is 4.57 Å². The Balaban J connectivity index is 2.21. The van der Waals surface area contributed by atoms with Crippen molar-refractivity contribution in [3.63, 3.8) is 0 Å².